The van der Waals surface area contributed by atoms with Gasteiger partial charge in [0.1, 0.15) is 18.1 Å². The summed E-state index contributed by atoms with van der Waals surface area (Å²) in [6.07, 6.45) is 2.24. The predicted octanol–water partition coefficient (Wildman–Crippen LogP) is 8.14. The number of aryl methyl sites for hydroxylation is 1. The van der Waals surface area contributed by atoms with Gasteiger partial charge >= 0.3 is 11.9 Å². The summed E-state index contributed by atoms with van der Waals surface area (Å²) in [5.41, 5.74) is 5.78. The van der Waals surface area contributed by atoms with Gasteiger partial charge in [-0.15, -0.1) is 0 Å². The van der Waals surface area contributed by atoms with Gasteiger partial charge in [0.25, 0.3) is 6.43 Å². The number of pyridine rings is 1. The van der Waals surface area contributed by atoms with Crippen LogP contribution in [0, 0.1) is 0 Å². The van der Waals surface area contributed by atoms with Crippen molar-refractivity contribution in [3.63, 3.8) is 0 Å². The predicted molar refractivity (Wildman–Crippen MR) is 171 cm³/mol. The molecule has 2 N–H and O–H groups in total. The number of carboxylic acids is 2. The molecule has 0 bridgehead atoms. The second-order valence-corrected chi connectivity index (χ2v) is 11.6. The zero-order valence-corrected chi connectivity index (χ0v) is 25.6. The van der Waals surface area contributed by atoms with E-state index in [1.165, 1.54) is 12.1 Å². The zero-order chi connectivity index (χ0) is 32.5. The highest BCUT2D eigenvalue weighted by molar-refractivity contribution is 5.85. The maximum absolute atomic E-state index is 12.9. The number of nitrogens with zero attached hydrogens (tertiary/aromatic N) is 2. The number of ether oxygens (including phenoxy) is 1. The third-order valence-corrected chi connectivity index (χ3v) is 8.49. The second-order valence-electron chi connectivity index (χ2n) is 11.6. The van der Waals surface area contributed by atoms with Gasteiger partial charge in [0, 0.05) is 30.3 Å². The molecule has 9 heteroatoms. The van der Waals surface area contributed by atoms with Gasteiger partial charge in [-0.25, -0.2) is 18.6 Å². The number of aromatic nitrogens is 1. The number of benzene rings is 3. The van der Waals surface area contributed by atoms with Crippen LogP contribution >= 0.6 is 0 Å². The number of fused-ring (bicyclic) bond motifs is 1. The van der Waals surface area contributed by atoms with Crippen molar-refractivity contribution in [1.29, 1.82) is 0 Å². The average Bonchev–Trinajstić information content (AvgIpc) is 3.07. The first-order chi connectivity index (χ1) is 22.3. The highest BCUT2D eigenvalue weighted by Gasteiger charge is 2.27. The quantitative estimate of drug-likeness (QED) is 0.128. The number of aromatic carboxylic acids is 1. The van der Waals surface area contributed by atoms with Crippen LogP contribution in [0.2, 0.25) is 0 Å². The summed E-state index contributed by atoms with van der Waals surface area (Å²) >= 11 is 0. The van der Waals surface area contributed by atoms with Crippen molar-refractivity contribution in [2.24, 2.45) is 0 Å². The van der Waals surface area contributed by atoms with Crippen molar-refractivity contribution in [3.05, 3.63) is 119 Å². The first-order valence-electron chi connectivity index (χ1n) is 15.7. The molecule has 46 heavy (non-hydrogen) atoms. The normalized spacial score (nSPS) is 14.3. The Labute approximate surface area is 267 Å². The van der Waals surface area contributed by atoms with Crippen molar-refractivity contribution in [2.45, 2.75) is 64.0 Å². The van der Waals surface area contributed by atoms with Crippen molar-refractivity contribution in [3.8, 4) is 16.9 Å². The molecule has 0 aliphatic heterocycles. The molecule has 0 spiro atoms. The molecule has 0 saturated heterocycles. The fraction of sp³-hybridized carbons (Fsp3) is 0.324. The molecule has 0 radical (unpaired) electrons. The Morgan fingerprint density at radius 3 is 2.30 bits per heavy atom. The number of hydrogen-bond donors (Lipinski definition) is 2. The Bertz CT molecular complexity index is 1630. The summed E-state index contributed by atoms with van der Waals surface area (Å²) in [7, 11) is 0. The minimum atomic E-state index is -2.49. The van der Waals surface area contributed by atoms with E-state index in [2.05, 4.69) is 16.0 Å². The van der Waals surface area contributed by atoms with Gasteiger partial charge in [-0.3, -0.25) is 9.69 Å². The van der Waals surface area contributed by atoms with Crippen molar-refractivity contribution in [1.82, 2.24) is 9.88 Å². The number of halogens is 2. The lowest BCUT2D eigenvalue weighted by atomic mass is 9.89. The molecule has 3 aromatic carbocycles. The molecular formula is C37H38F2N2O5. The van der Waals surface area contributed by atoms with Crippen LogP contribution in [0.4, 0.5) is 8.78 Å². The SMILES string of the molecule is O=C(O)CCCCN(CCc1ccccc1OCc1ccc(-c2ccc(C(F)F)cc2)cc1)C1CCCc2nc(C(=O)O)ccc21. The summed E-state index contributed by atoms with van der Waals surface area (Å²) < 4.78 is 32.1. The Kier molecular flexibility index (Phi) is 11.1. The molecule has 1 aliphatic rings. The minimum absolute atomic E-state index is 0.00337. The molecule has 1 heterocycles. The fourth-order valence-electron chi connectivity index (χ4n) is 6.04. The number of aliphatic carboxylic acids is 1. The van der Waals surface area contributed by atoms with Crippen LogP contribution in [-0.4, -0.2) is 45.1 Å². The topological polar surface area (TPSA) is 100.0 Å². The van der Waals surface area contributed by atoms with E-state index < -0.39 is 18.4 Å². The average molecular weight is 629 g/mol. The van der Waals surface area contributed by atoms with E-state index >= 15 is 0 Å². The molecule has 4 aromatic rings. The number of carboxylic acid groups (broad SMARTS) is 2. The van der Waals surface area contributed by atoms with Gasteiger partial charge < -0.3 is 14.9 Å². The summed E-state index contributed by atoms with van der Waals surface area (Å²) in [6.45, 7) is 1.81. The standard InChI is InChI=1S/C37H38F2N2O5/c38-36(39)29-17-15-27(16-18-29)26-13-11-25(12-14-26)24-46-34-9-2-1-6-28(34)21-23-41(22-4-3-10-35(42)43)33-8-5-7-31-30(33)19-20-32(40-31)37(44)45/h1-2,6,9,11-20,33,36H,3-5,7-8,10,21-24H2,(H,42,43)(H,44,45). The Morgan fingerprint density at radius 2 is 1.61 bits per heavy atom. The highest BCUT2D eigenvalue weighted by atomic mass is 19.3. The molecule has 1 atom stereocenters. The van der Waals surface area contributed by atoms with E-state index in [0.29, 0.717) is 13.0 Å². The van der Waals surface area contributed by atoms with Crippen LogP contribution in [0.25, 0.3) is 11.1 Å². The second kappa shape index (κ2) is 15.6. The van der Waals surface area contributed by atoms with Crippen LogP contribution < -0.4 is 4.74 Å². The summed E-state index contributed by atoms with van der Waals surface area (Å²) in [5, 5.41) is 18.6. The molecule has 1 aliphatic carbocycles. The van der Waals surface area contributed by atoms with E-state index in [1.807, 2.05) is 48.5 Å². The van der Waals surface area contributed by atoms with E-state index in [-0.39, 0.29) is 23.7 Å². The fourth-order valence-corrected chi connectivity index (χ4v) is 6.04. The van der Waals surface area contributed by atoms with Crippen LogP contribution in [0.1, 0.15) is 83.0 Å². The molecule has 1 unspecified atom stereocenters. The summed E-state index contributed by atoms with van der Waals surface area (Å²) in [5.74, 6) is -1.05. The maximum Gasteiger partial charge on any atom is 0.354 e. The Hall–Kier alpha value is -4.63. The van der Waals surface area contributed by atoms with E-state index in [9.17, 15) is 23.5 Å². The van der Waals surface area contributed by atoms with Crippen molar-refractivity contribution < 1.29 is 33.3 Å². The summed E-state index contributed by atoms with van der Waals surface area (Å²) in [6, 6.07) is 25.6. The molecular weight excluding hydrogens is 590 g/mol. The number of alkyl halides is 2. The Balaban J connectivity index is 1.26. The molecule has 1 aromatic heterocycles. The van der Waals surface area contributed by atoms with Crippen molar-refractivity contribution in [2.75, 3.05) is 13.1 Å². The van der Waals surface area contributed by atoms with E-state index in [4.69, 9.17) is 9.84 Å². The number of unbranched alkanes of at least 4 members (excludes halogenated alkanes) is 1. The smallest absolute Gasteiger partial charge is 0.354 e. The molecule has 0 amide bonds. The van der Waals surface area contributed by atoms with Gasteiger partial charge in [0.2, 0.25) is 0 Å². The molecule has 240 valence electrons. The monoisotopic (exact) mass is 628 g/mol. The Morgan fingerprint density at radius 1 is 0.891 bits per heavy atom. The van der Waals surface area contributed by atoms with Gasteiger partial charge in [-0.05, 0) is 85.0 Å². The lowest BCUT2D eigenvalue weighted by Gasteiger charge is -2.36. The number of carbonyl (C=O) groups is 2. The van der Waals surface area contributed by atoms with Crippen molar-refractivity contribution >= 4 is 11.9 Å². The lowest BCUT2D eigenvalue weighted by Crippen LogP contribution is -2.34. The molecule has 5 rings (SSSR count). The zero-order valence-electron chi connectivity index (χ0n) is 25.6. The third-order valence-electron chi connectivity index (χ3n) is 8.49. The van der Waals surface area contributed by atoms with Gasteiger partial charge in [0.15, 0.2) is 0 Å². The highest BCUT2D eigenvalue weighted by Crippen LogP contribution is 2.35. The number of para-hydroxylation sites is 1. The van der Waals surface area contributed by atoms with Crippen LogP contribution in [0.3, 0.4) is 0 Å². The molecule has 0 fully saturated rings. The summed E-state index contributed by atoms with van der Waals surface area (Å²) in [4.78, 5) is 29.4. The first kappa shape index (κ1) is 32.8. The van der Waals surface area contributed by atoms with Gasteiger partial charge in [-0.2, -0.15) is 0 Å². The first-order valence-corrected chi connectivity index (χ1v) is 15.7. The van der Waals surface area contributed by atoms with Crippen LogP contribution in [0.5, 0.6) is 5.75 Å². The van der Waals surface area contributed by atoms with E-state index in [1.54, 1.807) is 18.2 Å². The molecule has 7 nitrogen and oxygen atoms in total. The largest absolute Gasteiger partial charge is 0.489 e. The van der Waals surface area contributed by atoms with Gasteiger partial charge in [0.05, 0.1) is 0 Å². The lowest BCUT2D eigenvalue weighted by molar-refractivity contribution is -0.137. The minimum Gasteiger partial charge on any atom is -0.489 e. The van der Waals surface area contributed by atoms with Crippen LogP contribution in [-0.2, 0) is 24.2 Å². The third kappa shape index (κ3) is 8.54. The molecule has 0 saturated carbocycles. The number of hydrogen-bond acceptors (Lipinski definition) is 5. The van der Waals surface area contributed by atoms with Gasteiger partial charge in [-0.1, -0.05) is 72.8 Å². The van der Waals surface area contributed by atoms with E-state index in [0.717, 1.165) is 84.5 Å². The van der Waals surface area contributed by atoms with Crippen LogP contribution in [0.15, 0.2) is 84.9 Å². The number of rotatable bonds is 15. The maximum atomic E-state index is 12.9.